The third-order valence-electron chi connectivity index (χ3n) is 3.41. The van der Waals surface area contributed by atoms with Crippen molar-refractivity contribution in [1.29, 1.82) is 0 Å². The Hall–Kier alpha value is -2.48. The Kier molecular flexibility index (Phi) is 5.50. The molecule has 0 saturated heterocycles. The second kappa shape index (κ2) is 7.39. The van der Waals surface area contributed by atoms with Gasteiger partial charge in [0.2, 0.25) is 5.82 Å². The van der Waals surface area contributed by atoms with Gasteiger partial charge in [0.25, 0.3) is 0 Å². The number of nitrogens with one attached hydrogen (secondary N) is 1. The lowest BCUT2D eigenvalue weighted by molar-refractivity contribution is -0.139. The van der Waals surface area contributed by atoms with Crippen LogP contribution in [0.25, 0.3) is 0 Å². The summed E-state index contributed by atoms with van der Waals surface area (Å²) in [6.45, 7) is -0.824. The van der Waals surface area contributed by atoms with Crippen molar-refractivity contribution in [2.45, 2.75) is 19.0 Å². The van der Waals surface area contributed by atoms with Crippen molar-refractivity contribution in [3.63, 3.8) is 0 Å². The normalized spacial score (nSPS) is 12.2. The molecule has 0 saturated carbocycles. The lowest BCUT2D eigenvalue weighted by atomic mass is 10.1. The monoisotopic (exact) mass is 345 g/mol. The first-order valence-corrected chi connectivity index (χ1v) is 6.83. The molecule has 0 aliphatic heterocycles. The number of aliphatic carboxylic acids is 1. The first-order chi connectivity index (χ1) is 11.3. The van der Waals surface area contributed by atoms with Crippen molar-refractivity contribution in [3.8, 4) is 0 Å². The number of hydrogen-bond acceptors (Lipinski definition) is 2. The molecular formula is C16H12F5NO2. The van der Waals surface area contributed by atoms with Crippen molar-refractivity contribution in [3.05, 3.63) is 70.5 Å². The predicted octanol–water partition coefficient (Wildman–Crippen LogP) is 3.17. The number of carbonyl (C=O) groups is 1. The van der Waals surface area contributed by atoms with Crippen LogP contribution in [0.1, 0.15) is 11.1 Å². The minimum absolute atomic E-state index is 0.0223. The Morgan fingerprint density at radius 3 is 1.92 bits per heavy atom. The van der Waals surface area contributed by atoms with E-state index >= 15 is 0 Å². The zero-order chi connectivity index (χ0) is 17.9. The average Bonchev–Trinajstić information content (AvgIpc) is 2.58. The molecular weight excluding hydrogens is 333 g/mol. The van der Waals surface area contributed by atoms with E-state index in [0.717, 1.165) is 0 Å². The van der Waals surface area contributed by atoms with E-state index < -0.39 is 53.2 Å². The van der Waals surface area contributed by atoms with Gasteiger partial charge in [-0.05, 0) is 12.0 Å². The van der Waals surface area contributed by atoms with Crippen LogP contribution in [0.2, 0.25) is 0 Å². The van der Waals surface area contributed by atoms with Gasteiger partial charge in [-0.25, -0.2) is 22.0 Å². The molecule has 0 unspecified atom stereocenters. The standard InChI is InChI=1S/C16H12F5NO2/c17-11-9(12(18)14(20)15(21)13(11)19)7-22-10(16(23)24)6-8-4-2-1-3-5-8/h1-5,10,22H,6-7H2,(H,23,24)/t10-/m0/s1. The van der Waals surface area contributed by atoms with Crippen LogP contribution in [-0.2, 0) is 17.8 Å². The molecule has 0 aliphatic carbocycles. The van der Waals surface area contributed by atoms with Crippen LogP contribution in [0, 0.1) is 29.1 Å². The van der Waals surface area contributed by atoms with E-state index in [1.807, 2.05) is 0 Å². The highest BCUT2D eigenvalue weighted by atomic mass is 19.2. The Labute approximate surface area is 133 Å². The van der Waals surface area contributed by atoms with Crippen molar-refractivity contribution in [1.82, 2.24) is 5.32 Å². The van der Waals surface area contributed by atoms with Gasteiger partial charge in [0.15, 0.2) is 23.3 Å². The fraction of sp³-hybridized carbons (Fsp3) is 0.188. The zero-order valence-corrected chi connectivity index (χ0v) is 12.1. The number of rotatable bonds is 6. The van der Waals surface area contributed by atoms with Gasteiger partial charge in [-0.3, -0.25) is 10.1 Å². The molecule has 0 aromatic heterocycles. The van der Waals surface area contributed by atoms with Gasteiger partial charge >= 0.3 is 5.97 Å². The lowest BCUT2D eigenvalue weighted by Crippen LogP contribution is -2.38. The second-order valence-electron chi connectivity index (χ2n) is 5.01. The van der Waals surface area contributed by atoms with Gasteiger partial charge < -0.3 is 5.11 Å². The number of hydrogen-bond donors (Lipinski definition) is 2. The highest BCUT2D eigenvalue weighted by Gasteiger charge is 2.26. The van der Waals surface area contributed by atoms with Crippen LogP contribution in [0.15, 0.2) is 30.3 Å². The minimum atomic E-state index is -2.26. The molecule has 2 N–H and O–H groups in total. The summed E-state index contributed by atoms with van der Waals surface area (Å²) in [5, 5.41) is 11.5. The SMILES string of the molecule is O=C(O)[C@H](Cc1ccccc1)NCc1c(F)c(F)c(F)c(F)c1F. The topological polar surface area (TPSA) is 49.3 Å². The molecule has 24 heavy (non-hydrogen) atoms. The molecule has 1 atom stereocenters. The molecule has 2 aromatic carbocycles. The maximum atomic E-state index is 13.6. The molecule has 128 valence electrons. The van der Waals surface area contributed by atoms with E-state index in [2.05, 4.69) is 5.32 Å². The molecule has 2 aromatic rings. The maximum Gasteiger partial charge on any atom is 0.321 e. The molecule has 0 aliphatic rings. The van der Waals surface area contributed by atoms with E-state index in [-0.39, 0.29) is 6.42 Å². The fourth-order valence-electron chi connectivity index (χ4n) is 2.13. The first kappa shape index (κ1) is 17.9. The summed E-state index contributed by atoms with van der Waals surface area (Å²) in [5.74, 6) is -11.7. The molecule has 0 amide bonds. The van der Waals surface area contributed by atoms with Gasteiger partial charge in [-0.1, -0.05) is 30.3 Å². The number of carboxylic acid groups (broad SMARTS) is 1. The van der Waals surface area contributed by atoms with Gasteiger partial charge in [0.05, 0.1) is 0 Å². The van der Waals surface area contributed by atoms with Crippen LogP contribution in [0.5, 0.6) is 0 Å². The first-order valence-electron chi connectivity index (χ1n) is 6.83. The Balaban J connectivity index is 2.20. The molecule has 0 radical (unpaired) electrons. The summed E-state index contributed by atoms with van der Waals surface area (Å²) < 4.78 is 66.4. The summed E-state index contributed by atoms with van der Waals surface area (Å²) in [5.41, 5.74) is -0.472. The summed E-state index contributed by atoms with van der Waals surface area (Å²) in [6, 6.07) is 7.12. The molecule has 2 rings (SSSR count). The molecule has 8 heteroatoms. The zero-order valence-electron chi connectivity index (χ0n) is 12.1. The fourth-order valence-corrected chi connectivity index (χ4v) is 2.13. The molecule has 0 spiro atoms. The third kappa shape index (κ3) is 3.70. The van der Waals surface area contributed by atoms with Gasteiger partial charge in [0, 0.05) is 12.1 Å². The predicted molar refractivity (Wildman–Crippen MR) is 74.6 cm³/mol. The van der Waals surface area contributed by atoms with Crippen LogP contribution in [0.3, 0.4) is 0 Å². The van der Waals surface area contributed by atoms with Gasteiger partial charge in [0.1, 0.15) is 6.04 Å². The van der Waals surface area contributed by atoms with Crippen LogP contribution >= 0.6 is 0 Å². The van der Waals surface area contributed by atoms with Gasteiger partial charge in [-0.2, -0.15) is 0 Å². The van der Waals surface area contributed by atoms with Crippen molar-refractivity contribution < 1.29 is 31.9 Å². The average molecular weight is 345 g/mol. The molecule has 3 nitrogen and oxygen atoms in total. The smallest absolute Gasteiger partial charge is 0.321 e. The van der Waals surface area contributed by atoms with Crippen LogP contribution < -0.4 is 5.32 Å². The van der Waals surface area contributed by atoms with E-state index in [1.165, 1.54) is 0 Å². The van der Waals surface area contributed by atoms with E-state index in [1.54, 1.807) is 30.3 Å². The van der Waals surface area contributed by atoms with Crippen molar-refractivity contribution in [2.75, 3.05) is 0 Å². The molecule has 0 bridgehead atoms. The molecule has 0 heterocycles. The minimum Gasteiger partial charge on any atom is -0.480 e. The number of halogens is 5. The Morgan fingerprint density at radius 2 is 1.42 bits per heavy atom. The van der Waals surface area contributed by atoms with Crippen LogP contribution in [0.4, 0.5) is 22.0 Å². The second-order valence-corrected chi connectivity index (χ2v) is 5.01. The quantitative estimate of drug-likeness (QED) is 0.480. The van der Waals surface area contributed by atoms with Gasteiger partial charge in [-0.15, -0.1) is 0 Å². The maximum absolute atomic E-state index is 13.6. The highest BCUT2D eigenvalue weighted by molar-refractivity contribution is 5.73. The highest BCUT2D eigenvalue weighted by Crippen LogP contribution is 2.23. The van der Waals surface area contributed by atoms with Crippen molar-refractivity contribution >= 4 is 5.97 Å². The Bertz CT molecular complexity index is 723. The summed E-state index contributed by atoms with van der Waals surface area (Å²) >= 11 is 0. The van der Waals surface area contributed by atoms with E-state index in [9.17, 15) is 26.7 Å². The summed E-state index contributed by atoms with van der Waals surface area (Å²) in [6.07, 6.45) is -0.0223. The summed E-state index contributed by atoms with van der Waals surface area (Å²) in [4.78, 5) is 11.2. The van der Waals surface area contributed by atoms with E-state index in [4.69, 9.17) is 5.11 Å². The number of carboxylic acids is 1. The summed E-state index contributed by atoms with van der Waals surface area (Å²) in [7, 11) is 0. The third-order valence-corrected chi connectivity index (χ3v) is 3.41. The molecule has 0 fully saturated rings. The van der Waals surface area contributed by atoms with Crippen LogP contribution in [-0.4, -0.2) is 17.1 Å². The number of benzene rings is 2. The Morgan fingerprint density at radius 1 is 0.917 bits per heavy atom. The largest absolute Gasteiger partial charge is 0.480 e. The van der Waals surface area contributed by atoms with E-state index in [0.29, 0.717) is 5.56 Å². The lowest BCUT2D eigenvalue weighted by Gasteiger charge is -2.16. The van der Waals surface area contributed by atoms with Crippen molar-refractivity contribution in [2.24, 2.45) is 0 Å².